The van der Waals surface area contributed by atoms with Crippen LogP contribution in [0.25, 0.3) is 17.0 Å². The highest BCUT2D eigenvalue weighted by molar-refractivity contribution is 5.96. The standard InChI is InChI=1S/C26H28N2O6/c1-4-14-28(16-23(29)27-21-10-6-5-8-18(21)2)24(30)17-33-25(31)13-12-20-15-19-9-7-11-22(32-3)26(19)34-20/h5-13,15H,4,14,16-17H2,1-3H3,(H,27,29)/b13-12+. The number of carbonyl (C=O) groups excluding carboxylic acids is 3. The van der Waals surface area contributed by atoms with Gasteiger partial charge >= 0.3 is 5.97 Å². The van der Waals surface area contributed by atoms with Gasteiger partial charge in [0.15, 0.2) is 17.9 Å². The number of furan rings is 1. The number of nitrogens with zero attached hydrogens (tertiary/aromatic N) is 1. The van der Waals surface area contributed by atoms with Crippen LogP contribution in [0.15, 0.2) is 59.0 Å². The molecule has 0 bridgehead atoms. The van der Waals surface area contributed by atoms with E-state index in [0.717, 1.165) is 10.9 Å². The lowest BCUT2D eigenvalue weighted by Crippen LogP contribution is -2.40. The molecule has 8 heteroatoms. The van der Waals surface area contributed by atoms with Gasteiger partial charge in [0.1, 0.15) is 5.76 Å². The Hall–Kier alpha value is -4.07. The van der Waals surface area contributed by atoms with Crippen molar-refractivity contribution in [3.8, 4) is 5.75 Å². The first-order valence-corrected chi connectivity index (χ1v) is 11.0. The van der Waals surface area contributed by atoms with Gasteiger partial charge in [-0.3, -0.25) is 9.59 Å². The van der Waals surface area contributed by atoms with Crippen LogP contribution in [0.2, 0.25) is 0 Å². The molecule has 2 aromatic carbocycles. The van der Waals surface area contributed by atoms with Crippen LogP contribution in [0.3, 0.4) is 0 Å². The molecule has 1 heterocycles. The second kappa shape index (κ2) is 11.7. The summed E-state index contributed by atoms with van der Waals surface area (Å²) in [6, 6.07) is 14.6. The number of nitrogens with one attached hydrogen (secondary N) is 1. The zero-order valence-corrected chi connectivity index (χ0v) is 19.5. The van der Waals surface area contributed by atoms with Crippen LogP contribution >= 0.6 is 0 Å². The molecule has 34 heavy (non-hydrogen) atoms. The molecule has 3 rings (SSSR count). The molecule has 0 saturated heterocycles. The first-order chi connectivity index (χ1) is 16.4. The molecule has 0 fully saturated rings. The molecule has 0 aliphatic rings. The Labute approximate surface area is 198 Å². The molecule has 0 spiro atoms. The zero-order valence-electron chi connectivity index (χ0n) is 19.5. The topological polar surface area (TPSA) is 98.1 Å². The zero-order chi connectivity index (χ0) is 24.5. The summed E-state index contributed by atoms with van der Waals surface area (Å²) in [7, 11) is 1.55. The summed E-state index contributed by atoms with van der Waals surface area (Å²) >= 11 is 0. The maximum absolute atomic E-state index is 12.6. The van der Waals surface area contributed by atoms with Gasteiger partial charge in [0.25, 0.3) is 5.91 Å². The highest BCUT2D eigenvalue weighted by atomic mass is 16.5. The minimum absolute atomic E-state index is 0.130. The molecule has 0 atom stereocenters. The fourth-order valence-corrected chi connectivity index (χ4v) is 3.36. The highest BCUT2D eigenvalue weighted by Crippen LogP contribution is 2.28. The van der Waals surface area contributed by atoms with E-state index in [9.17, 15) is 14.4 Å². The molecule has 0 unspecified atom stereocenters. The number of carbonyl (C=O) groups is 3. The lowest BCUT2D eigenvalue weighted by Gasteiger charge is -2.21. The maximum atomic E-state index is 12.6. The van der Waals surface area contributed by atoms with Crippen LogP contribution < -0.4 is 10.1 Å². The molecule has 3 aromatic rings. The fraction of sp³-hybridized carbons (Fsp3) is 0.269. The van der Waals surface area contributed by atoms with Crippen molar-refractivity contribution in [2.45, 2.75) is 20.3 Å². The normalized spacial score (nSPS) is 10.9. The minimum Gasteiger partial charge on any atom is -0.493 e. The van der Waals surface area contributed by atoms with E-state index in [-0.39, 0.29) is 12.5 Å². The van der Waals surface area contributed by atoms with E-state index in [4.69, 9.17) is 13.9 Å². The third-order valence-electron chi connectivity index (χ3n) is 5.07. The molecule has 0 aliphatic carbocycles. The highest BCUT2D eigenvalue weighted by Gasteiger charge is 2.18. The summed E-state index contributed by atoms with van der Waals surface area (Å²) in [5.74, 6) is -0.419. The number of para-hydroxylation sites is 2. The SMILES string of the molecule is CCCN(CC(=O)Nc1ccccc1C)C(=O)COC(=O)/C=C/c1cc2cccc(OC)c2o1. The van der Waals surface area contributed by atoms with E-state index in [1.807, 2.05) is 44.2 Å². The first-order valence-electron chi connectivity index (χ1n) is 11.0. The van der Waals surface area contributed by atoms with Gasteiger partial charge in [-0.2, -0.15) is 0 Å². The van der Waals surface area contributed by atoms with E-state index >= 15 is 0 Å². The third kappa shape index (κ3) is 6.48. The Balaban J connectivity index is 1.54. The van der Waals surface area contributed by atoms with Gasteiger partial charge in [0, 0.05) is 23.7 Å². The van der Waals surface area contributed by atoms with Crippen LogP contribution in [0.1, 0.15) is 24.7 Å². The average Bonchev–Trinajstić information content (AvgIpc) is 3.25. The van der Waals surface area contributed by atoms with Gasteiger partial charge in [-0.25, -0.2) is 4.79 Å². The number of ether oxygens (including phenoxy) is 2. The number of esters is 1. The number of aryl methyl sites for hydroxylation is 1. The number of fused-ring (bicyclic) bond motifs is 1. The molecule has 1 N–H and O–H groups in total. The summed E-state index contributed by atoms with van der Waals surface area (Å²) in [5.41, 5.74) is 2.19. The molecule has 8 nitrogen and oxygen atoms in total. The molecule has 0 saturated carbocycles. The van der Waals surface area contributed by atoms with E-state index in [1.165, 1.54) is 17.1 Å². The van der Waals surface area contributed by atoms with Gasteiger partial charge in [0.05, 0.1) is 13.7 Å². The van der Waals surface area contributed by atoms with Gasteiger partial charge < -0.3 is 24.1 Å². The number of rotatable bonds is 10. The van der Waals surface area contributed by atoms with E-state index < -0.39 is 18.5 Å². The summed E-state index contributed by atoms with van der Waals surface area (Å²) in [6.45, 7) is 3.56. The first kappa shape index (κ1) is 24.6. The number of methoxy groups -OCH3 is 1. The van der Waals surface area contributed by atoms with Gasteiger partial charge in [-0.05, 0) is 43.2 Å². The number of anilines is 1. The molecule has 2 amide bonds. The third-order valence-corrected chi connectivity index (χ3v) is 5.07. The van der Waals surface area contributed by atoms with Crippen molar-refractivity contribution >= 4 is 40.5 Å². The quantitative estimate of drug-likeness (QED) is 0.357. The molecular weight excluding hydrogens is 436 g/mol. The van der Waals surface area contributed by atoms with Crippen LogP contribution in [0.4, 0.5) is 5.69 Å². The van der Waals surface area contributed by atoms with Crippen molar-refractivity contribution in [2.75, 3.05) is 32.1 Å². The summed E-state index contributed by atoms with van der Waals surface area (Å²) in [6.07, 6.45) is 3.31. The summed E-state index contributed by atoms with van der Waals surface area (Å²) in [4.78, 5) is 38.5. The van der Waals surface area contributed by atoms with Crippen LogP contribution in [-0.2, 0) is 19.1 Å². The molecule has 0 radical (unpaired) electrons. The Kier molecular flexibility index (Phi) is 8.45. The molecular formula is C26H28N2O6. The van der Waals surface area contributed by atoms with Crippen LogP contribution in [0, 0.1) is 6.92 Å². The van der Waals surface area contributed by atoms with Crippen molar-refractivity contribution in [3.63, 3.8) is 0 Å². The molecule has 178 valence electrons. The largest absolute Gasteiger partial charge is 0.493 e. The van der Waals surface area contributed by atoms with Gasteiger partial charge in [-0.15, -0.1) is 0 Å². The van der Waals surface area contributed by atoms with Crippen molar-refractivity contribution < 1.29 is 28.3 Å². The average molecular weight is 465 g/mol. The Morgan fingerprint density at radius 1 is 1.12 bits per heavy atom. The monoisotopic (exact) mass is 464 g/mol. The summed E-state index contributed by atoms with van der Waals surface area (Å²) < 4.78 is 16.0. The Morgan fingerprint density at radius 3 is 2.65 bits per heavy atom. The van der Waals surface area contributed by atoms with Crippen molar-refractivity contribution in [3.05, 3.63) is 65.9 Å². The van der Waals surface area contributed by atoms with Gasteiger partial charge in [0.2, 0.25) is 5.91 Å². The van der Waals surface area contributed by atoms with Crippen molar-refractivity contribution in [2.24, 2.45) is 0 Å². The minimum atomic E-state index is -0.693. The Morgan fingerprint density at radius 2 is 1.91 bits per heavy atom. The van der Waals surface area contributed by atoms with Crippen LogP contribution in [0.5, 0.6) is 5.75 Å². The number of benzene rings is 2. The predicted octanol–water partition coefficient (Wildman–Crippen LogP) is 4.18. The molecule has 1 aromatic heterocycles. The predicted molar refractivity (Wildman–Crippen MR) is 129 cm³/mol. The van der Waals surface area contributed by atoms with Crippen LogP contribution in [-0.4, -0.2) is 49.5 Å². The molecule has 0 aliphatic heterocycles. The number of amides is 2. The second-order valence-corrected chi connectivity index (χ2v) is 7.65. The van der Waals surface area contributed by atoms with Gasteiger partial charge in [-0.1, -0.05) is 37.3 Å². The lowest BCUT2D eigenvalue weighted by atomic mass is 10.2. The fourth-order valence-electron chi connectivity index (χ4n) is 3.36. The number of hydrogen-bond donors (Lipinski definition) is 1. The van der Waals surface area contributed by atoms with E-state index in [2.05, 4.69) is 5.32 Å². The maximum Gasteiger partial charge on any atom is 0.331 e. The number of hydrogen-bond acceptors (Lipinski definition) is 6. The van der Waals surface area contributed by atoms with E-state index in [0.29, 0.717) is 35.7 Å². The Bertz CT molecular complexity index is 1200. The van der Waals surface area contributed by atoms with Crippen molar-refractivity contribution in [1.29, 1.82) is 0 Å². The van der Waals surface area contributed by atoms with Crippen molar-refractivity contribution in [1.82, 2.24) is 4.90 Å². The second-order valence-electron chi connectivity index (χ2n) is 7.65. The van der Waals surface area contributed by atoms with E-state index in [1.54, 1.807) is 25.3 Å². The summed E-state index contributed by atoms with van der Waals surface area (Å²) in [5, 5.41) is 3.64. The smallest absolute Gasteiger partial charge is 0.331 e. The lowest BCUT2D eigenvalue weighted by molar-refractivity contribution is -0.148.